The molecule has 0 bridgehead atoms. The van der Waals surface area contributed by atoms with Gasteiger partial charge in [-0.15, -0.1) is 0 Å². The molecular formula is C24H29FN6O4. The second kappa shape index (κ2) is 11.0. The van der Waals surface area contributed by atoms with Gasteiger partial charge >= 0.3 is 0 Å². The lowest BCUT2D eigenvalue weighted by Crippen LogP contribution is -2.53. The number of aryl methyl sites for hydroxylation is 1. The van der Waals surface area contributed by atoms with Gasteiger partial charge in [0, 0.05) is 24.4 Å². The van der Waals surface area contributed by atoms with Gasteiger partial charge in [0.1, 0.15) is 17.4 Å². The first-order chi connectivity index (χ1) is 16.7. The largest absolute Gasteiger partial charge is 0.479 e. The summed E-state index contributed by atoms with van der Waals surface area (Å²) in [4.78, 5) is 26.3. The van der Waals surface area contributed by atoms with E-state index < -0.39 is 29.1 Å². The summed E-state index contributed by atoms with van der Waals surface area (Å²) in [5.74, 6) is -0.828. The number of nitrogens with one attached hydrogen (secondary N) is 2. The summed E-state index contributed by atoms with van der Waals surface area (Å²) in [5, 5.41) is 22.6. The van der Waals surface area contributed by atoms with E-state index in [1.807, 2.05) is 20.8 Å². The minimum atomic E-state index is -0.913. The van der Waals surface area contributed by atoms with Gasteiger partial charge in [-0.1, -0.05) is 32.9 Å². The fraction of sp³-hybridized carbons (Fsp3) is 0.458. The average molecular weight is 485 g/mol. The number of unbranched alkanes of at least 4 members (excludes halogenated alkanes) is 2. The van der Waals surface area contributed by atoms with Crippen molar-refractivity contribution in [1.29, 1.82) is 5.26 Å². The summed E-state index contributed by atoms with van der Waals surface area (Å²) < 4.78 is 26.1. The molecule has 0 saturated carbocycles. The molecule has 0 aliphatic heterocycles. The second-order valence-electron chi connectivity index (χ2n) is 9.15. The van der Waals surface area contributed by atoms with Crippen LogP contribution in [0.2, 0.25) is 0 Å². The molecule has 0 aliphatic rings. The number of fused-ring (bicyclic) bond motifs is 1. The van der Waals surface area contributed by atoms with Crippen molar-refractivity contribution in [3.8, 4) is 11.9 Å². The fourth-order valence-corrected chi connectivity index (χ4v) is 3.61. The maximum absolute atomic E-state index is 14.6. The SMILES string of the molecule is COc1cc(CNC(=O)C(NC(=O)c2nn(CCCCC#N)c3c(F)cccc23)C(C)(C)C)on1. The van der Waals surface area contributed by atoms with Crippen LogP contribution in [0.1, 0.15) is 56.3 Å². The minimum absolute atomic E-state index is 0.0294. The van der Waals surface area contributed by atoms with Crippen LogP contribution < -0.4 is 15.4 Å². The number of ether oxygens (including phenoxy) is 1. The molecule has 0 spiro atoms. The highest BCUT2D eigenvalue weighted by molar-refractivity contribution is 6.06. The molecule has 2 amide bonds. The maximum Gasteiger partial charge on any atom is 0.273 e. The van der Waals surface area contributed by atoms with E-state index in [0.717, 1.165) is 0 Å². The molecule has 2 aromatic heterocycles. The highest BCUT2D eigenvalue weighted by Gasteiger charge is 2.34. The third-order valence-corrected chi connectivity index (χ3v) is 5.43. The smallest absolute Gasteiger partial charge is 0.273 e. The topological polar surface area (TPSA) is 135 Å². The molecular weight excluding hydrogens is 455 g/mol. The molecule has 10 nitrogen and oxygen atoms in total. The normalized spacial score (nSPS) is 12.2. The Morgan fingerprint density at radius 2 is 2.09 bits per heavy atom. The number of hydrogen-bond acceptors (Lipinski definition) is 7. The molecule has 3 rings (SSSR count). The van der Waals surface area contributed by atoms with Crippen molar-refractivity contribution in [3.05, 3.63) is 41.5 Å². The minimum Gasteiger partial charge on any atom is -0.479 e. The molecule has 0 radical (unpaired) electrons. The van der Waals surface area contributed by atoms with Gasteiger partial charge in [0.15, 0.2) is 11.5 Å². The first-order valence-electron chi connectivity index (χ1n) is 11.3. The number of nitrogens with zero attached hydrogens (tertiary/aromatic N) is 4. The molecule has 2 heterocycles. The highest BCUT2D eigenvalue weighted by Crippen LogP contribution is 2.24. The molecule has 1 aromatic carbocycles. The molecule has 3 aromatic rings. The van der Waals surface area contributed by atoms with Gasteiger partial charge in [-0.3, -0.25) is 14.3 Å². The van der Waals surface area contributed by atoms with E-state index in [1.54, 1.807) is 12.1 Å². The van der Waals surface area contributed by atoms with Crippen LogP contribution in [-0.4, -0.2) is 39.9 Å². The first-order valence-corrected chi connectivity index (χ1v) is 11.3. The summed E-state index contributed by atoms with van der Waals surface area (Å²) in [7, 11) is 1.45. The van der Waals surface area contributed by atoms with Gasteiger partial charge in [-0.2, -0.15) is 10.4 Å². The number of rotatable bonds is 10. The Morgan fingerprint density at radius 3 is 2.74 bits per heavy atom. The molecule has 0 saturated heterocycles. The van der Waals surface area contributed by atoms with Gasteiger partial charge in [0.25, 0.3) is 11.8 Å². The van der Waals surface area contributed by atoms with Gasteiger partial charge in [-0.25, -0.2) is 4.39 Å². The van der Waals surface area contributed by atoms with Crippen LogP contribution in [0.25, 0.3) is 10.9 Å². The number of amides is 2. The van der Waals surface area contributed by atoms with Gasteiger partial charge < -0.3 is 19.9 Å². The van der Waals surface area contributed by atoms with Crippen LogP contribution in [0.15, 0.2) is 28.8 Å². The molecule has 2 N–H and O–H groups in total. The summed E-state index contributed by atoms with van der Waals surface area (Å²) in [5.41, 5.74) is -0.396. The summed E-state index contributed by atoms with van der Waals surface area (Å²) in [6.45, 7) is 5.88. The van der Waals surface area contributed by atoms with E-state index in [1.165, 1.54) is 23.9 Å². The van der Waals surface area contributed by atoms with Crippen LogP contribution in [0, 0.1) is 22.6 Å². The number of nitriles is 1. The van der Waals surface area contributed by atoms with Crippen molar-refractivity contribution in [2.75, 3.05) is 7.11 Å². The van der Waals surface area contributed by atoms with E-state index in [0.29, 0.717) is 37.0 Å². The van der Waals surface area contributed by atoms with Crippen LogP contribution in [0.4, 0.5) is 4.39 Å². The Morgan fingerprint density at radius 1 is 1.31 bits per heavy atom. The van der Waals surface area contributed by atoms with E-state index in [9.17, 15) is 14.0 Å². The second-order valence-corrected chi connectivity index (χ2v) is 9.15. The number of halogens is 1. The first kappa shape index (κ1) is 25.7. The monoisotopic (exact) mass is 484 g/mol. The molecule has 1 atom stereocenters. The highest BCUT2D eigenvalue weighted by atomic mass is 19.1. The fourth-order valence-electron chi connectivity index (χ4n) is 3.61. The van der Waals surface area contributed by atoms with Crippen molar-refractivity contribution >= 4 is 22.7 Å². The van der Waals surface area contributed by atoms with E-state index in [4.69, 9.17) is 14.5 Å². The average Bonchev–Trinajstić information content (AvgIpc) is 3.43. The maximum atomic E-state index is 14.6. The van der Waals surface area contributed by atoms with Crippen molar-refractivity contribution in [2.24, 2.45) is 5.41 Å². The number of hydrogen-bond donors (Lipinski definition) is 2. The number of para-hydroxylation sites is 1. The van der Waals surface area contributed by atoms with Crippen LogP contribution in [0.3, 0.4) is 0 Å². The van der Waals surface area contributed by atoms with E-state index >= 15 is 0 Å². The summed E-state index contributed by atoms with van der Waals surface area (Å²) in [6, 6.07) is 7.15. The Bertz CT molecular complexity index is 1240. The molecule has 1 unspecified atom stereocenters. The molecule has 0 fully saturated rings. The van der Waals surface area contributed by atoms with Crippen molar-refractivity contribution in [2.45, 2.75) is 59.2 Å². The predicted molar refractivity (Wildman–Crippen MR) is 125 cm³/mol. The van der Waals surface area contributed by atoms with E-state index in [-0.39, 0.29) is 23.6 Å². The predicted octanol–water partition coefficient (Wildman–Crippen LogP) is 3.33. The Hall–Kier alpha value is -3.94. The Kier molecular flexibility index (Phi) is 8.06. The zero-order valence-corrected chi connectivity index (χ0v) is 20.2. The number of benzene rings is 1. The third kappa shape index (κ3) is 6.15. The molecule has 0 aliphatic carbocycles. The van der Waals surface area contributed by atoms with Gasteiger partial charge in [-0.05, 0) is 29.5 Å². The zero-order valence-electron chi connectivity index (χ0n) is 20.2. The van der Waals surface area contributed by atoms with Crippen LogP contribution in [0.5, 0.6) is 5.88 Å². The lowest BCUT2D eigenvalue weighted by molar-refractivity contribution is -0.125. The number of carbonyl (C=O) groups is 2. The van der Waals surface area contributed by atoms with Crippen molar-refractivity contribution < 1.29 is 23.2 Å². The number of aromatic nitrogens is 3. The third-order valence-electron chi connectivity index (χ3n) is 5.43. The lowest BCUT2D eigenvalue weighted by Gasteiger charge is -2.30. The van der Waals surface area contributed by atoms with E-state index in [2.05, 4.69) is 27.0 Å². The molecule has 186 valence electrons. The van der Waals surface area contributed by atoms with Crippen LogP contribution >= 0.6 is 0 Å². The number of methoxy groups -OCH3 is 1. The molecule has 35 heavy (non-hydrogen) atoms. The van der Waals surface area contributed by atoms with Crippen molar-refractivity contribution in [3.63, 3.8) is 0 Å². The number of carbonyl (C=O) groups excluding carboxylic acids is 2. The van der Waals surface area contributed by atoms with Crippen molar-refractivity contribution in [1.82, 2.24) is 25.6 Å². The Labute approximate surface area is 202 Å². The summed E-state index contributed by atoms with van der Waals surface area (Å²) >= 11 is 0. The van der Waals surface area contributed by atoms with Gasteiger partial charge in [0.2, 0.25) is 5.91 Å². The van der Waals surface area contributed by atoms with Gasteiger partial charge in [0.05, 0.1) is 19.7 Å². The lowest BCUT2D eigenvalue weighted by atomic mass is 9.86. The zero-order chi connectivity index (χ0) is 25.6. The summed E-state index contributed by atoms with van der Waals surface area (Å²) in [6.07, 6.45) is 1.63. The quantitative estimate of drug-likeness (QED) is 0.421. The molecule has 11 heteroatoms. The standard InChI is InChI=1S/C24H29FN6O4/c1-24(2,3)21(23(33)27-14-15-13-18(34-4)30-35-15)28-22(32)19-16-9-8-10-17(25)20(16)31(29-19)12-7-5-6-11-26/h8-10,13,21H,5-7,12,14H2,1-4H3,(H,27,33)(H,28,32). The Balaban J connectivity index is 1.80. The van der Waals surface area contributed by atoms with Crippen LogP contribution in [-0.2, 0) is 17.9 Å².